The van der Waals surface area contributed by atoms with Crippen molar-refractivity contribution in [3.8, 4) is 11.3 Å². The van der Waals surface area contributed by atoms with Crippen molar-refractivity contribution in [3.63, 3.8) is 0 Å². The number of halogens is 1. The summed E-state index contributed by atoms with van der Waals surface area (Å²) >= 11 is 0. The highest BCUT2D eigenvalue weighted by molar-refractivity contribution is 5.58. The van der Waals surface area contributed by atoms with E-state index in [1.54, 1.807) is 37.3 Å². The predicted octanol–water partition coefficient (Wildman–Crippen LogP) is 3.48. The first-order valence-corrected chi connectivity index (χ1v) is 5.39. The third-order valence-corrected chi connectivity index (χ3v) is 2.63. The van der Waals surface area contributed by atoms with Gasteiger partial charge in [-0.25, -0.2) is 4.39 Å². The highest BCUT2D eigenvalue weighted by atomic mass is 19.1. The Morgan fingerprint density at radius 2 is 1.82 bits per heavy atom. The fraction of sp³-hybridized carbons (Fsp3) is 0.231. The van der Waals surface area contributed by atoms with Gasteiger partial charge in [0.15, 0.2) is 12.1 Å². The lowest BCUT2D eigenvalue weighted by atomic mass is 10.1. The third kappa shape index (κ3) is 1.85. The van der Waals surface area contributed by atoms with Gasteiger partial charge in [-0.05, 0) is 31.2 Å². The molecule has 3 rings (SSSR count). The lowest BCUT2D eigenvalue weighted by molar-refractivity contribution is -0.387. The van der Waals surface area contributed by atoms with E-state index in [1.165, 1.54) is 6.07 Å². The van der Waals surface area contributed by atoms with Gasteiger partial charge in [-0.1, -0.05) is 12.1 Å². The Morgan fingerprint density at radius 3 is 2.53 bits per heavy atom. The molecule has 1 aliphatic heterocycles. The molecule has 3 nitrogen and oxygen atoms in total. The molecule has 0 spiro atoms. The molecule has 0 atom stereocenters. The van der Waals surface area contributed by atoms with Gasteiger partial charge in [0.05, 0.1) is 5.56 Å². The summed E-state index contributed by atoms with van der Waals surface area (Å²) in [5.41, 5.74) is 0.436. The van der Waals surface area contributed by atoms with Gasteiger partial charge in [0, 0.05) is 0 Å². The van der Waals surface area contributed by atoms with Crippen LogP contribution in [0.15, 0.2) is 40.8 Å². The molecule has 4 heteroatoms. The van der Waals surface area contributed by atoms with Gasteiger partial charge in [-0.3, -0.25) is 0 Å². The van der Waals surface area contributed by atoms with Crippen molar-refractivity contribution in [3.05, 3.63) is 48.0 Å². The summed E-state index contributed by atoms with van der Waals surface area (Å²) in [6, 6.07) is 9.92. The van der Waals surface area contributed by atoms with Crippen LogP contribution in [0.5, 0.6) is 0 Å². The predicted molar refractivity (Wildman–Crippen MR) is 58.5 cm³/mol. The summed E-state index contributed by atoms with van der Waals surface area (Å²) in [5, 5.41) is 0. The molecule has 1 aromatic heterocycles. The first-order valence-electron chi connectivity index (χ1n) is 5.39. The molecule has 1 saturated heterocycles. The Bertz CT molecular complexity index is 529. The van der Waals surface area contributed by atoms with E-state index in [9.17, 15) is 4.39 Å². The molecule has 1 fully saturated rings. The average molecular weight is 234 g/mol. The second-order valence-corrected chi connectivity index (χ2v) is 3.85. The maximum absolute atomic E-state index is 13.5. The van der Waals surface area contributed by atoms with E-state index in [2.05, 4.69) is 0 Å². The van der Waals surface area contributed by atoms with Crippen molar-refractivity contribution >= 4 is 0 Å². The van der Waals surface area contributed by atoms with Crippen LogP contribution in [0.4, 0.5) is 4.39 Å². The minimum Gasteiger partial charge on any atom is -0.456 e. The molecule has 17 heavy (non-hydrogen) atoms. The van der Waals surface area contributed by atoms with Crippen LogP contribution < -0.4 is 0 Å². The smallest absolute Gasteiger partial charge is 0.221 e. The molecule has 0 N–H and O–H groups in total. The monoisotopic (exact) mass is 234 g/mol. The second kappa shape index (κ2) is 3.98. The highest BCUT2D eigenvalue weighted by Gasteiger charge is 2.31. The first-order chi connectivity index (χ1) is 8.24. The van der Waals surface area contributed by atoms with Crippen LogP contribution in [0.3, 0.4) is 0 Å². The van der Waals surface area contributed by atoms with Crippen molar-refractivity contribution in [1.29, 1.82) is 0 Å². The molecule has 0 radical (unpaired) electrons. The van der Waals surface area contributed by atoms with Crippen molar-refractivity contribution in [2.45, 2.75) is 19.5 Å². The van der Waals surface area contributed by atoms with Crippen molar-refractivity contribution in [2.75, 3.05) is 0 Å². The zero-order valence-electron chi connectivity index (χ0n) is 9.22. The molecule has 1 aliphatic rings. The number of furan rings is 1. The molecule has 0 aliphatic carbocycles. The molecule has 0 bridgehead atoms. The number of hydrogen-bond acceptors (Lipinski definition) is 3. The summed E-state index contributed by atoms with van der Waals surface area (Å²) < 4.78 is 29.6. The van der Waals surface area contributed by atoms with Gasteiger partial charge < -0.3 is 13.9 Å². The first kappa shape index (κ1) is 10.5. The van der Waals surface area contributed by atoms with Gasteiger partial charge in [0.2, 0.25) is 6.29 Å². The Morgan fingerprint density at radius 1 is 1.06 bits per heavy atom. The fourth-order valence-electron chi connectivity index (χ4n) is 1.78. The lowest BCUT2D eigenvalue weighted by Gasteiger charge is -2.31. The lowest BCUT2D eigenvalue weighted by Crippen LogP contribution is -2.31. The van der Waals surface area contributed by atoms with Gasteiger partial charge >= 0.3 is 0 Å². The molecule has 1 aromatic carbocycles. The molecule has 2 heterocycles. The van der Waals surface area contributed by atoms with Crippen LogP contribution in [0.1, 0.15) is 19.0 Å². The zero-order chi connectivity index (χ0) is 11.8. The normalized spacial score (nSPS) is 23.4. The van der Waals surface area contributed by atoms with Gasteiger partial charge in [0.1, 0.15) is 11.6 Å². The van der Waals surface area contributed by atoms with Gasteiger partial charge in [-0.15, -0.1) is 0 Å². The maximum Gasteiger partial charge on any atom is 0.221 e. The molecule has 0 amide bonds. The van der Waals surface area contributed by atoms with E-state index in [0.717, 1.165) is 0 Å². The van der Waals surface area contributed by atoms with E-state index >= 15 is 0 Å². The molecule has 2 aromatic rings. The molecule has 0 saturated carbocycles. The zero-order valence-corrected chi connectivity index (χ0v) is 9.22. The highest BCUT2D eigenvalue weighted by Crippen LogP contribution is 2.35. The summed E-state index contributed by atoms with van der Waals surface area (Å²) in [7, 11) is 0. The molecular formula is C13H11FO3. The van der Waals surface area contributed by atoms with Crippen LogP contribution >= 0.6 is 0 Å². The quantitative estimate of drug-likeness (QED) is 0.797. The Hall–Kier alpha value is -1.65. The van der Waals surface area contributed by atoms with Crippen LogP contribution in [0, 0.1) is 5.82 Å². The van der Waals surface area contributed by atoms with E-state index in [1.807, 2.05) is 0 Å². The van der Waals surface area contributed by atoms with Crippen molar-refractivity contribution < 1.29 is 18.3 Å². The minimum atomic E-state index is -0.467. The fourth-order valence-corrected chi connectivity index (χ4v) is 1.78. The van der Waals surface area contributed by atoms with E-state index < -0.39 is 6.29 Å². The molecule has 0 unspecified atom stereocenters. The largest absolute Gasteiger partial charge is 0.456 e. The summed E-state index contributed by atoms with van der Waals surface area (Å²) in [6.45, 7) is 1.80. The maximum atomic E-state index is 13.5. The Kier molecular flexibility index (Phi) is 2.46. The van der Waals surface area contributed by atoms with Crippen LogP contribution in [-0.2, 0) is 9.47 Å². The van der Waals surface area contributed by atoms with Gasteiger partial charge in [-0.2, -0.15) is 0 Å². The number of benzene rings is 1. The molecular weight excluding hydrogens is 223 g/mol. The van der Waals surface area contributed by atoms with Crippen molar-refractivity contribution in [1.82, 2.24) is 0 Å². The second-order valence-electron chi connectivity index (χ2n) is 3.85. The molecule has 88 valence electrons. The summed E-state index contributed by atoms with van der Waals surface area (Å²) in [4.78, 5) is 0. The topological polar surface area (TPSA) is 31.6 Å². The van der Waals surface area contributed by atoms with E-state index in [4.69, 9.17) is 13.9 Å². The number of hydrogen-bond donors (Lipinski definition) is 0. The van der Waals surface area contributed by atoms with Crippen molar-refractivity contribution in [2.24, 2.45) is 0 Å². The SMILES string of the molecule is CC1OC(c2ccc(-c3ccccc3F)o2)O1. The third-order valence-electron chi connectivity index (χ3n) is 2.63. The summed E-state index contributed by atoms with van der Waals surface area (Å²) in [5.74, 6) is 0.725. The van der Waals surface area contributed by atoms with E-state index in [0.29, 0.717) is 17.1 Å². The standard InChI is InChI=1S/C13H11FO3/c1-8-15-13(16-8)12-7-6-11(17-12)9-4-2-3-5-10(9)14/h2-8,13H,1H3. The minimum absolute atomic E-state index is 0.206. The Balaban J connectivity index is 1.88. The number of rotatable bonds is 2. The Labute approximate surface area is 97.8 Å². The summed E-state index contributed by atoms with van der Waals surface area (Å²) in [6.07, 6.45) is -0.674. The average Bonchev–Trinajstić information content (AvgIpc) is 2.74. The van der Waals surface area contributed by atoms with Crippen LogP contribution in [0.25, 0.3) is 11.3 Å². The van der Waals surface area contributed by atoms with Gasteiger partial charge in [0.25, 0.3) is 0 Å². The van der Waals surface area contributed by atoms with Crippen LogP contribution in [-0.4, -0.2) is 6.29 Å². The number of ether oxygens (including phenoxy) is 2. The van der Waals surface area contributed by atoms with Crippen LogP contribution in [0.2, 0.25) is 0 Å². The van der Waals surface area contributed by atoms with E-state index in [-0.39, 0.29) is 12.1 Å².